The zero-order valence-electron chi connectivity index (χ0n) is 10.4. The predicted molar refractivity (Wildman–Crippen MR) is 71.5 cm³/mol. The van der Waals surface area contributed by atoms with Gasteiger partial charge in [-0.2, -0.15) is 0 Å². The Balaban J connectivity index is 1.95. The molecule has 2 rings (SSSR count). The maximum absolute atomic E-state index is 6.34. The topological polar surface area (TPSA) is 64.9 Å². The van der Waals surface area contributed by atoms with Crippen molar-refractivity contribution in [3.8, 4) is 0 Å². The number of nitrogen functional groups attached to an aromatic ring is 1. The standard InChI is InChI=1S/C14H23N3/c15-13(11-6-3-1-2-4-7-11)10-12-8-5-9-17-14(12)16/h5,8-9,11,13H,1-4,6-7,10,15H2,(H2,16,17). The molecule has 3 heteroatoms. The van der Waals surface area contributed by atoms with E-state index >= 15 is 0 Å². The van der Waals surface area contributed by atoms with Crippen molar-refractivity contribution in [3.05, 3.63) is 23.9 Å². The molecule has 1 aliphatic rings. The molecule has 0 amide bonds. The summed E-state index contributed by atoms with van der Waals surface area (Å²) in [7, 11) is 0. The fraction of sp³-hybridized carbons (Fsp3) is 0.643. The Kier molecular flexibility index (Phi) is 4.37. The second-order valence-corrected chi connectivity index (χ2v) is 5.17. The minimum absolute atomic E-state index is 0.236. The van der Waals surface area contributed by atoms with Crippen LogP contribution in [0.2, 0.25) is 0 Å². The molecule has 1 saturated carbocycles. The summed E-state index contributed by atoms with van der Waals surface area (Å²) >= 11 is 0. The minimum Gasteiger partial charge on any atom is -0.383 e. The van der Waals surface area contributed by atoms with Crippen molar-refractivity contribution in [1.82, 2.24) is 4.98 Å². The van der Waals surface area contributed by atoms with Crippen LogP contribution in [0.1, 0.15) is 44.1 Å². The zero-order chi connectivity index (χ0) is 12.1. The van der Waals surface area contributed by atoms with Crippen molar-refractivity contribution in [2.75, 3.05) is 5.73 Å². The molecular formula is C14H23N3. The molecule has 1 aromatic rings. The van der Waals surface area contributed by atoms with Gasteiger partial charge < -0.3 is 11.5 Å². The molecular weight excluding hydrogens is 210 g/mol. The predicted octanol–water partition coefficient (Wildman–Crippen LogP) is 2.50. The molecule has 4 N–H and O–H groups in total. The molecule has 1 aliphatic carbocycles. The van der Waals surface area contributed by atoms with Crippen LogP contribution in [0.5, 0.6) is 0 Å². The zero-order valence-corrected chi connectivity index (χ0v) is 10.4. The van der Waals surface area contributed by atoms with Gasteiger partial charge in [0.1, 0.15) is 5.82 Å². The molecule has 0 bridgehead atoms. The molecule has 0 aliphatic heterocycles. The summed E-state index contributed by atoms with van der Waals surface area (Å²) in [4.78, 5) is 4.12. The number of hydrogen-bond acceptors (Lipinski definition) is 3. The highest BCUT2D eigenvalue weighted by atomic mass is 14.8. The van der Waals surface area contributed by atoms with Crippen LogP contribution in [0.25, 0.3) is 0 Å². The van der Waals surface area contributed by atoms with Crippen LogP contribution >= 0.6 is 0 Å². The Hall–Kier alpha value is -1.09. The van der Waals surface area contributed by atoms with Gasteiger partial charge in [0.2, 0.25) is 0 Å². The monoisotopic (exact) mass is 233 g/mol. The summed E-state index contributed by atoms with van der Waals surface area (Å²) in [5, 5.41) is 0. The molecule has 1 unspecified atom stereocenters. The van der Waals surface area contributed by atoms with Crippen LogP contribution < -0.4 is 11.5 Å². The third-order valence-electron chi connectivity index (χ3n) is 3.89. The van der Waals surface area contributed by atoms with Crippen molar-refractivity contribution in [2.24, 2.45) is 11.7 Å². The minimum atomic E-state index is 0.236. The summed E-state index contributed by atoms with van der Waals surface area (Å²) < 4.78 is 0. The number of hydrogen-bond donors (Lipinski definition) is 2. The largest absolute Gasteiger partial charge is 0.383 e. The van der Waals surface area contributed by atoms with Crippen LogP contribution in [0, 0.1) is 5.92 Å². The van der Waals surface area contributed by atoms with E-state index in [0.29, 0.717) is 11.7 Å². The van der Waals surface area contributed by atoms with Gasteiger partial charge in [-0.3, -0.25) is 0 Å². The second kappa shape index (κ2) is 6.01. The lowest BCUT2D eigenvalue weighted by atomic mass is 9.88. The highest BCUT2D eigenvalue weighted by Gasteiger charge is 2.20. The Labute approximate surface area is 104 Å². The highest BCUT2D eigenvalue weighted by molar-refractivity contribution is 5.38. The molecule has 3 nitrogen and oxygen atoms in total. The van der Waals surface area contributed by atoms with E-state index in [1.807, 2.05) is 12.1 Å². The average Bonchev–Trinajstić information content (AvgIpc) is 2.61. The normalized spacial score (nSPS) is 19.8. The molecule has 1 atom stereocenters. The number of nitrogens with two attached hydrogens (primary N) is 2. The molecule has 0 saturated heterocycles. The molecule has 1 heterocycles. The SMILES string of the molecule is Nc1ncccc1CC(N)C1CCCCCC1. The molecule has 0 spiro atoms. The fourth-order valence-corrected chi connectivity index (χ4v) is 2.78. The third kappa shape index (κ3) is 3.43. The maximum atomic E-state index is 6.34. The van der Waals surface area contributed by atoms with Gasteiger partial charge in [0.05, 0.1) is 0 Å². The van der Waals surface area contributed by atoms with E-state index in [1.165, 1.54) is 38.5 Å². The molecule has 0 radical (unpaired) electrons. The van der Waals surface area contributed by atoms with Gasteiger partial charge >= 0.3 is 0 Å². The molecule has 0 aromatic carbocycles. The van der Waals surface area contributed by atoms with Crippen LogP contribution in [-0.2, 0) is 6.42 Å². The van der Waals surface area contributed by atoms with Crippen LogP contribution in [0.15, 0.2) is 18.3 Å². The quantitative estimate of drug-likeness (QED) is 0.788. The van der Waals surface area contributed by atoms with E-state index in [0.717, 1.165) is 12.0 Å². The number of nitrogens with zero attached hydrogens (tertiary/aromatic N) is 1. The van der Waals surface area contributed by atoms with Crippen LogP contribution in [0.3, 0.4) is 0 Å². The first-order valence-corrected chi connectivity index (χ1v) is 6.72. The lowest BCUT2D eigenvalue weighted by Gasteiger charge is -2.22. The first-order chi connectivity index (χ1) is 8.27. The van der Waals surface area contributed by atoms with Gasteiger partial charge in [0, 0.05) is 12.2 Å². The van der Waals surface area contributed by atoms with Gasteiger partial charge in [-0.1, -0.05) is 31.7 Å². The van der Waals surface area contributed by atoms with Gasteiger partial charge in [-0.15, -0.1) is 0 Å². The van der Waals surface area contributed by atoms with Gasteiger partial charge in [0.25, 0.3) is 0 Å². The number of rotatable bonds is 3. The number of aromatic nitrogens is 1. The van der Waals surface area contributed by atoms with E-state index in [1.54, 1.807) is 6.20 Å². The van der Waals surface area contributed by atoms with E-state index in [-0.39, 0.29) is 6.04 Å². The van der Waals surface area contributed by atoms with E-state index in [4.69, 9.17) is 11.5 Å². The van der Waals surface area contributed by atoms with E-state index in [9.17, 15) is 0 Å². The maximum Gasteiger partial charge on any atom is 0.126 e. The smallest absolute Gasteiger partial charge is 0.126 e. The van der Waals surface area contributed by atoms with Crippen LogP contribution in [-0.4, -0.2) is 11.0 Å². The lowest BCUT2D eigenvalue weighted by Crippen LogP contribution is -2.32. The summed E-state index contributed by atoms with van der Waals surface area (Å²) in [6.45, 7) is 0. The summed E-state index contributed by atoms with van der Waals surface area (Å²) in [6.07, 6.45) is 10.6. The van der Waals surface area contributed by atoms with Crippen molar-refractivity contribution in [1.29, 1.82) is 0 Å². The lowest BCUT2D eigenvalue weighted by molar-refractivity contribution is 0.372. The number of anilines is 1. The second-order valence-electron chi connectivity index (χ2n) is 5.17. The molecule has 1 aromatic heterocycles. The Morgan fingerprint density at radius 1 is 1.24 bits per heavy atom. The van der Waals surface area contributed by atoms with Crippen molar-refractivity contribution in [3.63, 3.8) is 0 Å². The van der Waals surface area contributed by atoms with Gasteiger partial charge in [-0.25, -0.2) is 4.98 Å². The van der Waals surface area contributed by atoms with Crippen molar-refractivity contribution in [2.45, 2.75) is 51.0 Å². The van der Waals surface area contributed by atoms with Crippen LogP contribution in [0.4, 0.5) is 5.82 Å². The highest BCUT2D eigenvalue weighted by Crippen LogP contribution is 2.26. The molecule has 94 valence electrons. The Morgan fingerprint density at radius 3 is 2.59 bits per heavy atom. The first-order valence-electron chi connectivity index (χ1n) is 6.72. The Morgan fingerprint density at radius 2 is 1.94 bits per heavy atom. The third-order valence-corrected chi connectivity index (χ3v) is 3.89. The summed E-state index contributed by atoms with van der Waals surface area (Å²) in [5.74, 6) is 1.30. The first kappa shape index (κ1) is 12.4. The van der Waals surface area contributed by atoms with Crippen molar-refractivity contribution < 1.29 is 0 Å². The van der Waals surface area contributed by atoms with Crippen molar-refractivity contribution >= 4 is 5.82 Å². The Bertz CT molecular complexity index is 343. The number of pyridine rings is 1. The van der Waals surface area contributed by atoms with E-state index in [2.05, 4.69) is 4.98 Å². The average molecular weight is 233 g/mol. The van der Waals surface area contributed by atoms with Gasteiger partial charge in [-0.05, 0) is 36.8 Å². The molecule has 17 heavy (non-hydrogen) atoms. The summed E-state index contributed by atoms with van der Waals surface area (Å²) in [6, 6.07) is 4.21. The van der Waals surface area contributed by atoms with E-state index < -0.39 is 0 Å². The fourth-order valence-electron chi connectivity index (χ4n) is 2.78. The summed E-state index contributed by atoms with van der Waals surface area (Å²) in [5.41, 5.74) is 13.3. The molecule has 1 fully saturated rings. The van der Waals surface area contributed by atoms with Gasteiger partial charge in [0.15, 0.2) is 0 Å².